The van der Waals surface area contributed by atoms with E-state index in [1.165, 1.54) is 7.11 Å². The van der Waals surface area contributed by atoms with Crippen LogP contribution in [0, 0.1) is 0 Å². The number of morpholine rings is 1. The van der Waals surface area contributed by atoms with Gasteiger partial charge in [-0.25, -0.2) is 4.98 Å². The van der Waals surface area contributed by atoms with E-state index in [9.17, 15) is 9.90 Å². The summed E-state index contributed by atoms with van der Waals surface area (Å²) in [5.41, 5.74) is 2.33. The number of benzene rings is 2. The smallest absolute Gasteiger partial charge is 0.255 e. The molecule has 1 fully saturated rings. The largest absolute Gasteiger partial charge is 0.508 e. The zero-order valence-corrected chi connectivity index (χ0v) is 20.2. The van der Waals surface area contributed by atoms with Crippen molar-refractivity contribution in [3.63, 3.8) is 0 Å². The molecule has 0 aliphatic carbocycles. The number of anilines is 2. The first kappa shape index (κ1) is 24.7. The van der Waals surface area contributed by atoms with Gasteiger partial charge in [0.25, 0.3) is 5.91 Å². The van der Waals surface area contributed by atoms with Gasteiger partial charge in [0, 0.05) is 31.3 Å². The summed E-state index contributed by atoms with van der Waals surface area (Å²) in [7, 11) is 1.51. The Kier molecular flexibility index (Phi) is 8.36. The molecular weight excluding hydrogens is 470 g/mol. The number of nitrogens with one attached hydrogen (secondary N) is 2. The third-order valence-electron chi connectivity index (χ3n) is 5.63. The third-order valence-corrected chi connectivity index (χ3v) is 5.95. The van der Waals surface area contributed by atoms with E-state index in [0.717, 1.165) is 44.8 Å². The number of carbonyl (C=O) groups is 1. The van der Waals surface area contributed by atoms with Crippen molar-refractivity contribution in [2.24, 2.45) is 0 Å². The van der Waals surface area contributed by atoms with Crippen LogP contribution in [0.1, 0.15) is 16.8 Å². The van der Waals surface area contributed by atoms with Gasteiger partial charge in [0.2, 0.25) is 0 Å². The van der Waals surface area contributed by atoms with E-state index in [4.69, 9.17) is 21.1 Å². The third kappa shape index (κ3) is 6.60. The van der Waals surface area contributed by atoms with Gasteiger partial charge in [-0.1, -0.05) is 11.6 Å². The van der Waals surface area contributed by atoms with Crippen molar-refractivity contribution in [1.29, 1.82) is 0 Å². The number of amides is 1. The summed E-state index contributed by atoms with van der Waals surface area (Å²) in [5, 5.41) is 15.9. The molecule has 1 amide bonds. The molecule has 9 nitrogen and oxygen atoms in total. The Bertz CT molecular complexity index is 1150. The van der Waals surface area contributed by atoms with Crippen molar-refractivity contribution in [2.75, 3.05) is 51.8 Å². The summed E-state index contributed by atoms with van der Waals surface area (Å²) in [6.45, 7) is 4.83. The number of carbonyl (C=O) groups excluding carboxylic acids is 1. The van der Waals surface area contributed by atoms with Crippen molar-refractivity contribution in [3.05, 3.63) is 59.4 Å². The number of methoxy groups -OCH3 is 1. The summed E-state index contributed by atoms with van der Waals surface area (Å²) in [6, 6.07) is 9.94. The molecule has 10 heteroatoms. The molecule has 35 heavy (non-hydrogen) atoms. The number of aromatic hydroxyl groups is 1. The zero-order valence-electron chi connectivity index (χ0n) is 19.5. The van der Waals surface area contributed by atoms with E-state index in [0.29, 0.717) is 40.1 Å². The molecule has 1 aliphatic rings. The van der Waals surface area contributed by atoms with Gasteiger partial charge in [0.05, 0.1) is 54.7 Å². The van der Waals surface area contributed by atoms with E-state index < -0.39 is 0 Å². The summed E-state index contributed by atoms with van der Waals surface area (Å²) in [4.78, 5) is 23.9. The Hall–Kier alpha value is -3.40. The minimum absolute atomic E-state index is 0.177. The number of phenols is 1. The fourth-order valence-corrected chi connectivity index (χ4v) is 3.97. The van der Waals surface area contributed by atoms with Crippen LogP contribution in [0.25, 0.3) is 11.3 Å². The molecule has 0 unspecified atom stereocenters. The molecule has 4 rings (SSSR count). The number of rotatable bonds is 9. The number of halogens is 1. The average Bonchev–Trinajstić information content (AvgIpc) is 2.88. The highest BCUT2D eigenvalue weighted by Crippen LogP contribution is 2.33. The topological polar surface area (TPSA) is 109 Å². The van der Waals surface area contributed by atoms with Gasteiger partial charge in [0.15, 0.2) is 0 Å². The Morgan fingerprint density at radius 3 is 2.71 bits per heavy atom. The molecule has 1 aromatic heterocycles. The number of nitrogens with zero attached hydrogens (tertiary/aromatic N) is 3. The normalized spacial score (nSPS) is 13.9. The van der Waals surface area contributed by atoms with E-state index in [-0.39, 0.29) is 11.7 Å². The fraction of sp³-hybridized carbons (Fsp3) is 0.320. The molecule has 2 aromatic carbocycles. The second-order valence-corrected chi connectivity index (χ2v) is 8.46. The molecule has 184 valence electrons. The van der Waals surface area contributed by atoms with Crippen LogP contribution in [0.3, 0.4) is 0 Å². The van der Waals surface area contributed by atoms with Crippen molar-refractivity contribution in [3.8, 4) is 22.8 Å². The standard InChI is InChI=1S/C25H28ClN5O4/c1-34-23-14-21(29-24-16-27-15-22(30-24)17-3-5-18(32)6-4-17)20(26)13-19(23)25(33)28-7-2-8-31-9-11-35-12-10-31/h3-6,13-16,32H,2,7-12H2,1H3,(H,28,33)(H,29,30). The van der Waals surface area contributed by atoms with Crippen LogP contribution < -0.4 is 15.4 Å². The van der Waals surface area contributed by atoms with Crippen LogP contribution in [0.5, 0.6) is 11.5 Å². The van der Waals surface area contributed by atoms with Crippen LogP contribution in [0.4, 0.5) is 11.5 Å². The highest BCUT2D eigenvalue weighted by Gasteiger charge is 2.17. The summed E-state index contributed by atoms with van der Waals surface area (Å²) in [6.07, 6.45) is 4.05. The maximum Gasteiger partial charge on any atom is 0.255 e. The number of hydrogen-bond donors (Lipinski definition) is 3. The van der Waals surface area contributed by atoms with Gasteiger partial charge in [-0.05, 0) is 43.3 Å². The van der Waals surface area contributed by atoms with Gasteiger partial charge < -0.3 is 25.2 Å². The number of aromatic nitrogens is 2. The second kappa shape index (κ2) is 11.8. The van der Waals surface area contributed by atoms with Crippen molar-refractivity contribution in [2.45, 2.75) is 6.42 Å². The summed E-state index contributed by atoms with van der Waals surface area (Å²) in [5.74, 6) is 0.799. The first-order chi connectivity index (χ1) is 17.0. The predicted molar refractivity (Wildman–Crippen MR) is 135 cm³/mol. The summed E-state index contributed by atoms with van der Waals surface area (Å²) < 4.78 is 10.8. The maximum absolute atomic E-state index is 12.8. The van der Waals surface area contributed by atoms with E-state index in [1.807, 2.05) is 0 Å². The molecule has 0 saturated carbocycles. The van der Waals surface area contributed by atoms with E-state index in [1.54, 1.807) is 48.8 Å². The molecule has 2 heterocycles. The van der Waals surface area contributed by atoms with Crippen LogP contribution in [-0.4, -0.2) is 72.4 Å². The van der Waals surface area contributed by atoms with Gasteiger partial charge in [-0.15, -0.1) is 0 Å². The molecule has 3 N–H and O–H groups in total. The number of hydrogen-bond acceptors (Lipinski definition) is 8. The second-order valence-electron chi connectivity index (χ2n) is 8.06. The van der Waals surface area contributed by atoms with E-state index in [2.05, 4.69) is 25.5 Å². The summed E-state index contributed by atoms with van der Waals surface area (Å²) >= 11 is 6.50. The Labute approximate surface area is 209 Å². The molecular formula is C25H28ClN5O4. The number of phenolic OH excluding ortho intramolecular Hbond substituents is 1. The van der Waals surface area contributed by atoms with Gasteiger partial charge in [-0.2, -0.15) is 0 Å². The van der Waals surface area contributed by atoms with Crippen molar-refractivity contribution < 1.29 is 19.4 Å². The average molecular weight is 498 g/mol. The lowest BCUT2D eigenvalue weighted by Gasteiger charge is -2.26. The minimum Gasteiger partial charge on any atom is -0.508 e. The molecule has 0 radical (unpaired) electrons. The first-order valence-corrected chi connectivity index (χ1v) is 11.8. The lowest BCUT2D eigenvalue weighted by atomic mass is 10.1. The molecule has 3 aromatic rings. The predicted octanol–water partition coefficient (Wildman–Crippen LogP) is 3.71. The molecule has 1 aliphatic heterocycles. The number of ether oxygens (including phenoxy) is 2. The van der Waals surface area contributed by atoms with Gasteiger partial charge in [0.1, 0.15) is 17.3 Å². The van der Waals surface area contributed by atoms with Crippen molar-refractivity contribution >= 4 is 29.0 Å². The molecule has 0 spiro atoms. The first-order valence-electron chi connectivity index (χ1n) is 11.4. The molecule has 0 bridgehead atoms. The van der Waals surface area contributed by atoms with Crippen LogP contribution in [0.15, 0.2) is 48.8 Å². The lowest BCUT2D eigenvalue weighted by Crippen LogP contribution is -2.38. The highest BCUT2D eigenvalue weighted by molar-refractivity contribution is 6.33. The van der Waals surface area contributed by atoms with Crippen molar-refractivity contribution in [1.82, 2.24) is 20.2 Å². The highest BCUT2D eigenvalue weighted by atomic mass is 35.5. The van der Waals surface area contributed by atoms with Crippen LogP contribution in [0.2, 0.25) is 5.02 Å². The zero-order chi connectivity index (χ0) is 24.6. The Morgan fingerprint density at radius 1 is 1.20 bits per heavy atom. The lowest BCUT2D eigenvalue weighted by molar-refractivity contribution is 0.0374. The maximum atomic E-state index is 12.8. The Balaban J connectivity index is 1.41. The molecule has 0 atom stereocenters. The quantitative estimate of drug-likeness (QED) is 0.384. The molecule has 1 saturated heterocycles. The SMILES string of the molecule is COc1cc(Nc2cncc(-c3ccc(O)cc3)n2)c(Cl)cc1C(=O)NCCCN1CCOCC1. The fourth-order valence-electron chi connectivity index (χ4n) is 3.76. The van der Waals surface area contributed by atoms with Gasteiger partial charge in [-0.3, -0.25) is 14.7 Å². The monoisotopic (exact) mass is 497 g/mol. The van der Waals surface area contributed by atoms with Crippen LogP contribution in [-0.2, 0) is 4.74 Å². The Morgan fingerprint density at radius 2 is 1.97 bits per heavy atom. The van der Waals surface area contributed by atoms with E-state index >= 15 is 0 Å². The minimum atomic E-state index is -0.244. The van der Waals surface area contributed by atoms with Crippen LogP contribution >= 0.6 is 11.6 Å². The van der Waals surface area contributed by atoms with Gasteiger partial charge >= 0.3 is 0 Å².